The van der Waals surface area contributed by atoms with Crippen LogP contribution in [0.4, 0.5) is 0 Å². The van der Waals surface area contributed by atoms with Crippen molar-refractivity contribution in [3.05, 3.63) is 12.3 Å². The Morgan fingerprint density at radius 3 is 3.00 bits per heavy atom. The van der Waals surface area contributed by atoms with Crippen LogP contribution in [0.15, 0.2) is 12.3 Å². The molecule has 0 radical (unpaired) electrons. The Morgan fingerprint density at radius 2 is 2.62 bits per heavy atom. The lowest BCUT2D eigenvalue weighted by Gasteiger charge is -2.12. The van der Waals surface area contributed by atoms with Gasteiger partial charge in [-0.05, 0) is 6.08 Å². The first-order chi connectivity index (χ1) is 3.93. The van der Waals surface area contributed by atoms with E-state index in [9.17, 15) is 4.79 Å². The number of rotatable bonds is 1. The maximum atomic E-state index is 9.88. The van der Waals surface area contributed by atoms with Crippen LogP contribution in [0.1, 0.15) is 0 Å². The second kappa shape index (κ2) is 2.47. The predicted octanol–water partition coefficient (Wildman–Crippen LogP) is 0.0719. The molecule has 1 unspecified atom stereocenters. The molecule has 0 saturated carbocycles. The molecule has 0 bridgehead atoms. The van der Waals surface area contributed by atoms with Gasteiger partial charge in [0.1, 0.15) is 0 Å². The van der Waals surface area contributed by atoms with E-state index in [1.165, 1.54) is 6.26 Å². The molecule has 0 saturated heterocycles. The molecule has 0 aromatic rings. The van der Waals surface area contributed by atoms with E-state index in [1.54, 1.807) is 6.08 Å². The molecule has 3 nitrogen and oxygen atoms in total. The molecule has 0 spiro atoms. The fraction of sp³-hybridized carbons (Fsp3) is 0.400. The molecule has 44 valence electrons. The van der Waals surface area contributed by atoms with E-state index >= 15 is 0 Å². The summed E-state index contributed by atoms with van der Waals surface area (Å²) in [4.78, 5) is 9.88. The summed E-state index contributed by atoms with van der Waals surface area (Å²) in [6.07, 6.45) is 3.09. The van der Waals surface area contributed by atoms with Crippen LogP contribution in [0, 0.1) is 0 Å². The smallest absolute Gasteiger partial charge is 0.256 e. The van der Waals surface area contributed by atoms with Crippen LogP contribution >= 0.6 is 0 Å². The molecule has 1 aliphatic rings. The summed E-state index contributed by atoms with van der Waals surface area (Å²) in [7, 11) is 0. The van der Waals surface area contributed by atoms with Crippen molar-refractivity contribution in [3.8, 4) is 0 Å². The molecule has 0 fully saturated rings. The standard InChI is InChI=1S/C5H6O3/c6-4-5-7-2-1-3-8-5/h1-2,4-5H,3H2. The third-order valence-electron chi connectivity index (χ3n) is 0.777. The van der Waals surface area contributed by atoms with Crippen LogP contribution in [0.25, 0.3) is 0 Å². The summed E-state index contributed by atoms with van der Waals surface area (Å²) in [6, 6.07) is 0. The third-order valence-corrected chi connectivity index (χ3v) is 0.777. The average Bonchev–Trinajstić information content (AvgIpc) is 1.90. The highest BCUT2D eigenvalue weighted by atomic mass is 16.7. The van der Waals surface area contributed by atoms with Gasteiger partial charge in [0.05, 0.1) is 12.9 Å². The van der Waals surface area contributed by atoms with E-state index in [1.807, 2.05) is 0 Å². The van der Waals surface area contributed by atoms with Crippen molar-refractivity contribution >= 4 is 6.29 Å². The van der Waals surface area contributed by atoms with Gasteiger partial charge >= 0.3 is 0 Å². The molecule has 0 aliphatic carbocycles. The van der Waals surface area contributed by atoms with Gasteiger partial charge in [-0.3, -0.25) is 4.79 Å². The first kappa shape index (κ1) is 5.31. The van der Waals surface area contributed by atoms with Gasteiger partial charge in [0.2, 0.25) is 0 Å². The Labute approximate surface area is 46.9 Å². The fourth-order valence-corrected chi connectivity index (χ4v) is 0.433. The zero-order valence-corrected chi connectivity index (χ0v) is 4.24. The Hall–Kier alpha value is -0.830. The van der Waals surface area contributed by atoms with Crippen molar-refractivity contribution in [3.63, 3.8) is 0 Å². The number of ether oxygens (including phenoxy) is 2. The van der Waals surface area contributed by atoms with Crippen molar-refractivity contribution in [1.82, 2.24) is 0 Å². The number of hydrogen-bond donors (Lipinski definition) is 0. The summed E-state index contributed by atoms with van der Waals surface area (Å²) in [5.74, 6) is 0. The second-order valence-corrected chi connectivity index (χ2v) is 1.35. The quantitative estimate of drug-likeness (QED) is 0.452. The molecule has 3 heteroatoms. The van der Waals surface area contributed by atoms with Crippen molar-refractivity contribution in [2.24, 2.45) is 0 Å². The van der Waals surface area contributed by atoms with Gasteiger partial charge in [0.15, 0.2) is 6.29 Å². The lowest BCUT2D eigenvalue weighted by molar-refractivity contribution is -0.145. The summed E-state index contributed by atoms with van der Waals surface area (Å²) < 4.78 is 9.41. The molecule has 0 N–H and O–H groups in total. The van der Waals surface area contributed by atoms with E-state index in [2.05, 4.69) is 4.74 Å². The molecule has 0 amide bonds. The number of carbonyl (C=O) groups excluding carboxylic acids is 1. The minimum atomic E-state index is -0.681. The lowest BCUT2D eigenvalue weighted by Crippen LogP contribution is -2.19. The first-order valence-electron chi connectivity index (χ1n) is 2.31. The summed E-state index contributed by atoms with van der Waals surface area (Å²) in [5.41, 5.74) is 0. The number of carbonyl (C=O) groups is 1. The molecule has 1 rings (SSSR count). The van der Waals surface area contributed by atoms with Crippen LogP contribution in [-0.2, 0) is 14.3 Å². The number of hydrogen-bond acceptors (Lipinski definition) is 3. The van der Waals surface area contributed by atoms with Gasteiger partial charge in [-0.15, -0.1) is 0 Å². The van der Waals surface area contributed by atoms with E-state index < -0.39 is 6.29 Å². The van der Waals surface area contributed by atoms with E-state index in [4.69, 9.17) is 4.74 Å². The highest BCUT2D eigenvalue weighted by molar-refractivity contribution is 5.54. The normalized spacial score (nSPS) is 26.8. The highest BCUT2D eigenvalue weighted by Crippen LogP contribution is 1.97. The molecule has 0 aromatic heterocycles. The predicted molar refractivity (Wildman–Crippen MR) is 26.0 cm³/mol. The van der Waals surface area contributed by atoms with Crippen LogP contribution in [0.5, 0.6) is 0 Å². The van der Waals surface area contributed by atoms with Crippen LogP contribution < -0.4 is 0 Å². The van der Waals surface area contributed by atoms with Gasteiger partial charge < -0.3 is 9.47 Å². The first-order valence-corrected chi connectivity index (χ1v) is 2.31. The third kappa shape index (κ3) is 1.07. The Morgan fingerprint density at radius 1 is 1.75 bits per heavy atom. The molecular weight excluding hydrogens is 108 g/mol. The van der Waals surface area contributed by atoms with E-state index in [-0.39, 0.29) is 0 Å². The lowest BCUT2D eigenvalue weighted by atomic mass is 10.6. The zero-order chi connectivity index (χ0) is 5.82. The van der Waals surface area contributed by atoms with Crippen LogP contribution in [0.2, 0.25) is 0 Å². The highest BCUT2D eigenvalue weighted by Gasteiger charge is 2.06. The van der Waals surface area contributed by atoms with Crippen molar-refractivity contribution in [2.45, 2.75) is 6.29 Å². The SMILES string of the molecule is O=CC1OC=CCO1. The monoisotopic (exact) mass is 114 g/mol. The average molecular weight is 114 g/mol. The van der Waals surface area contributed by atoms with Gasteiger partial charge in [0.25, 0.3) is 6.29 Å². The zero-order valence-electron chi connectivity index (χ0n) is 4.24. The van der Waals surface area contributed by atoms with E-state index in [0.717, 1.165) is 0 Å². The van der Waals surface area contributed by atoms with Crippen LogP contribution in [0.3, 0.4) is 0 Å². The summed E-state index contributed by atoms with van der Waals surface area (Å²) in [6.45, 7) is 0.462. The maximum Gasteiger partial charge on any atom is 0.256 e. The van der Waals surface area contributed by atoms with Gasteiger partial charge in [-0.25, -0.2) is 0 Å². The molecular formula is C5H6O3. The minimum absolute atomic E-state index is 0.462. The largest absolute Gasteiger partial charge is 0.466 e. The molecule has 1 heterocycles. The molecule has 1 atom stereocenters. The summed E-state index contributed by atoms with van der Waals surface area (Å²) >= 11 is 0. The Kier molecular flexibility index (Phi) is 1.64. The van der Waals surface area contributed by atoms with Gasteiger partial charge in [0, 0.05) is 0 Å². The maximum absolute atomic E-state index is 9.88. The molecule has 8 heavy (non-hydrogen) atoms. The summed E-state index contributed by atoms with van der Waals surface area (Å²) in [5, 5.41) is 0. The van der Waals surface area contributed by atoms with Crippen molar-refractivity contribution in [2.75, 3.05) is 6.61 Å². The van der Waals surface area contributed by atoms with Crippen molar-refractivity contribution in [1.29, 1.82) is 0 Å². The Bertz CT molecular complexity index is 108. The van der Waals surface area contributed by atoms with Crippen LogP contribution in [-0.4, -0.2) is 19.2 Å². The Balaban J connectivity index is 2.37. The van der Waals surface area contributed by atoms with E-state index in [0.29, 0.717) is 12.9 Å². The second-order valence-electron chi connectivity index (χ2n) is 1.35. The topological polar surface area (TPSA) is 35.5 Å². The van der Waals surface area contributed by atoms with Crippen molar-refractivity contribution < 1.29 is 14.3 Å². The van der Waals surface area contributed by atoms with Gasteiger partial charge in [-0.1, -0.05) is 0 Å². The van der Waals surface area contributed by atoms with Gasteiger partial charge in [-0.2, -0.15) is 0 Å². The molecule has 1 aliphatic heterocycles. The fourth-order valence-electron chi connectivity index (χ4n) is 0.433. The minimum Gasteiger partial charge on any atom is -0.466 e. The molecule has 0 aromatic carbocycles. The number of aldehydes is 1.